The summed E-state index contributed by atoms with van der Waals surface area (Å²) in [6.07, 6.45) is 1.18. The molecule has 0 saturated carbocycles. The Balaban J connectivity index is 2.21. The standard InChI is InChI=1S/C14H21NO4S/c1-2-20(17,18)10-4-9-19-14(16)8-7-12-5-3-6-13(15)11-12/h3,5-6,11H,2,4,7-10,15H2,1H3. The Hall–Kier alpha value is -1.56. The third-order valence-electron chi connectivity index (χ3n) is 2.87. The quantitative estimate of drug-likeness (QED) is 0.447. The molecular formula is C14H21NO4S. The topological polar surface area (TPSA) is 86.5 Å². The molecule has 1 rings (SSSR count). The first-order valence-corrected chi connectivity index (χ1v) is 8.45. The van der Waals surface area contributed by atoms with Gasteiger partial charge in [-0.25, -0.2) is 8.42 Å². The molecule has 112 valence electrons. The molecule has 2 N–H and O–H groups in total. The highest BCUT2D eigenvalue weighted by Crippen LogP contribution is 2.09. The van der Waals surface area contributed by atoms with Crippen molar-refractivity contribution in [3.8, 4) is 0 Å². The van der Waals surface area contributed by atoms with Crippen LogP contribution in [0, 0.1) is 0 Å². The van der Waals surface area contributed by atoms with Crippen molar-refractivity contribution in [2.45, 2.75) is 26.2 Å². The van der Waals surface area contributed by atoms with Crippen LogP contribution in [0.3, 0.4) is 0 Å². The molecule has 6 heteroatoms. The molecule has 0 bridgehead atoms. The molecule has 0 amide bonds. The van der Waals surface area contributed by atoms with E-state index in [9.17, 15) is 13.2 Å². The molecule has 1 aromatic rings. The average molecular weight is 299 g/mol. The molecule has 0 aromatic heterocycles. The summed E-state index contributed by atoms with van der Waals surface area (Å²) in [5.74, 6) is -0.135. The summed E-state index contributed by atoms with van der Waals surface area (Å²) in [6.45, 7) is 1.75. The second-order valence-corrected chi connectivity index (χ2v) is 7.03. The molecule has 0 aliphatic carbocycles. The largest absolute Gasteiger partial charge is 0.466 e. The summed E-state index contributed by atoms with van der Waals surface area (Å²) in [4.78, 5) is 11.5. The second kappa shape index (κ2) is 7.89. The maximum atomic E-state index is 11.5. The SMILES string of the molecule is CCS(=O)(=O)CCCOC(=O)CCc1cccc(N)c1. The lowest BCUT2D eigenvalue weighted by atomic mass is 10.1. The van der Waals surface area contributed by atoms with E-state index in [1.54, 1.807) is 13.0 Å². The minimum atomic E-state index is -2.98. The Morgan fingerprint density at radius 3 is 2.75 bits per heavy atom. The third-order valence-corrected chi connectivity index (χ3v) is 4.66. The summed E-state index contributed by atoms with van der Waals surface area (Å²) in [5, 5.41) is 0. The van der Waals surface area contributed by atoms with Gasteiger partial charge >= 0.3 is 5.97 Å². The molecule has 0 saturated heterocycles. The number of aryl methyl sites for hydroxylation is 1. The van der Waals surface area contributed by atoms with Crippen molar-refractivity contribution in [3.63, 3.8) is 0 Å². The van der Waals surface area contributed by atoms with Crippen molar-refractivity contribution in [1.29, 1.82) is 0 Å². The van der Waals surface area contributed by atoms with E-state index < -0.39 is 9.84 Å². The van der Waals surface area contributed by atoms with Crippen LogP contribution in [0.2, 0.25) is 0 Å². The number of carbonyl (C=O) groups excluding carboxylic acids is 1. The van der Waals surface area contributed by atoms with Crippen molar-refractivity contribution in [2.24, 2.45) is 0 Å². The molecule has 0 heterocycles. The second-order valence-electron chi connectivity index (χ2n) is 4.56. The summed E-state index contributed by atoms with van der Waals surface area (Å²) in [6, 6.07) is 7.35. The number of nitrogen functional groups attached to an aromatic ring is 1. The van der Waals surface area contributed by atoms with E-state index in [0.717, 1.165) is 5.56 Å². The van der Waals surface area contributed by atoms with Crippen LogP contribution in [-0.4, -0.2) is 32.5 Å². The van der Waals surface area contributed by atoms with E-state index >= 15 is 0 Å². The third kappa shape index (κ3) is 6.56. The zero-order chi connectivity index (χ0) is 15.0. The highest BCUT2D eigenvalue weighted by molar-refractivity contribution is 7.91. The van der Waals surface area contributed by atoms with Crippen LogP contribution in [0.1, 0.15) is 25.3 Å². The van der Waals surface area contributed by atoms with Gasteiger partial charge in [0.1, 0.15) is 9.84 Å². The Labute approximate surface area is 120 Å². The van der Waals surface area contributed by atoms with Crippen molar-refractivity contribution < 1.29 is 17.9 Å². The van der Waals surface area contributed by atoms with Gasteiger partial charge in [0.2, 0.25) is 0 Å². The maximum absolute atomic E-state index is 11.5. The fourth-order valence-corrected chi connectivity index (χ4v) is 2.52. The molecule has 0 aliphatic heterocycles. The van der Waals surface area contributed by atoms with E-state index in [1.165, 1.54) is 0 Å². The van der Waals surface area contributed by atoms with Gasteiger partial charge in [-0.2, -0.15) is 0 Å². The number of anilines is 1. The zero-order valence-electron chi connectivity index (χ0n) is 11.7. The number of nitrogens with two attached hydrogens (primary N) is 1. The summed E-state index contributed by atoms with van der Waals surface area (Å²) < 4.78 is 27.5. The van der Waals surface area contributed by atoms with Crippen LogP contribution in [0.4, 0.5) is 5.69 Å². The molecule has 0 atom stereocenters. The minimum Gasteiger partial charge on any atom is -0.466 e. The van der Waals surface area contributed by atoms with Gasteiger partial charge in [0.25, 0.3) is 0 Å². The number of benzene rings is 1. The number of hydrogen-bond donors (Lipinski definition) is 1. The lowest BCUT2D eigenvalue weighted by Crippen LogP contribution is -2.13. The smallest absolute Gasteiger partial charge is 0.306 e. The highest BCUT2D eigenvalue weighted by Gasteiger charge is 2.08. The van der Waals surface area contributed by atoms with Crippen molar-refractivity contribution >= 4 is 21.5 Å². The van der Waals surface area contributed by atoms with Gasteiger partial charge in [-0.15, -0.1) is 0 Å². The fourth-order valence-electron chi connectivity index (χ4n) is 1.68. The van der Waals surface area contributed by atoms with E-state index in [-0.39, 0.29) is 30.5 Å². The molecule has 1 aromatic carbocycles. The van der Waals surface area contributed by atoms with Gasteiger partial charge in [-0.3, -0.25) is 4.79 Å². The monoisotopic (exact) mass is 299 g/mol. The molecular weight excluding hydrogens is 278 g/mol. The van der Waals surface area contributed by atoms with Crippen LogP contribution in [0.15, 0.2) is 24.3 Å². The van der Waals surface area contributed by atoms with Crippen LogP contribution < -0.4 is 5.73 Å². The van der Waals surface area contributed by atoms with E-state index in [1.807, 2.05) is 18.2 Å². The van der Waals surface area contributed by atoms with Gasteiger partial charge in [-0.1, -0.05) is 19.1 Å². The summed E-state index contributed by atoms with van der Waals surface area (Å²) in [7, 11) is -2.98. The van der Waals surface area contributed by atoms with Crippen LogP contribution in [0.5, 0.6) is 0 Å². The number of sulfone groups is 1. The zero-order valence-corrected chi connectivity index (χ0v) is 12.5. The van der Waals surface area contributed by atoms with Gasteiger partial charge in [-0.05, 0) is 30.5 Å². The Bertz CT molecular complexity index is 540. The maximum Gasteiger partial charge on any atom is 0.306 e. The fraction of sp³-hybridized carbons (Fsp3) is 0.500. The average Bonchev–Trinajstić information content (AvgIpc) is 2.41. The van der Waals surface area contributed by atoms with E-state index in [2.05, 4.69) is 0 Å². The molecule has 0 fully saturated rings. The van der Waals surface area contributed by atoms with Crippen LogP contribution in [0.25, 0.3) is 0 Å². The van der Waals surface area contributed by atoms with Gasteiger partial charge < -0.3 is 10.5 Å². The van der Waals surface area contributed by atoms with E-state index in [4.69, 9.17) is 10.5 Å². The predicted molar refractivity (Wildman–Crippen MR) is 79.1 cm³/mol. The van der Waals surface area contributed by atoms with E-state index in [0.29, 0.717) is 18.5 Å². The van der Waals surface area contributed by atoms with Crippen molar-refractivity contribution in [2.75, 3.05) is 23.8 Å². The minimum absolute atomic E-state index is 0.0615. The molecule has 20 heavy (non-hydrogen) atoms. The first kappa shape index (κ1) is 16.5. The number of carbonyl (C=O) groups is 1. The number of hydrogen-bond acceptors (Lipinski definition) is 5. The Morgan fingerprint density at radius 1 is 1.35 bits per heavy atom. The lowest BCUT2D eigenvalue weighted by molar-refractivity contribution is -0.143. The van der Waals surface area contributed by atoms with Crippen molar-refractivity contribution in [1.82, 2.24) is 0 Å². The highest BCUT2D eigenvalue weighted by atomic mass is 32.2. The van der Waals surface area contributed by atoms with Crippen LogP contribution >= 0.6 is 0 Å². The normalized spacial score (nSPS) is 11.2. The number of rotatable bonds is 8. The first-order valence-electron chi connectivity index (χ1n) is 6.63. The van der Waals surface area contributed by atoms with Gasteiger partial charge in [0.05, 0.1) is 12.4 Å². The molecule has 0 spiro atoms. The predicted octanol–water partition coefficient (Wildman–Crippen LogP) is 1.57. The van der Waals surface area contributed by atoms with Crippen LogP contribution in [-0.2, 0) is 25.8 Å². The molecule has 0 radical (unpaired) electrons. The first-order chi connectivity index (χ1) is 9.43. The summed E-state index contributed by atoms with van der Waals surface area (Å²) >= 11 is 0. The molecule has 0 unspecified atom stereocenters. The number of esters is 1. The molecule has 0 aliphatic rings. The number of ether oxygens (including phenoxy) is 1. The van der Waals surface area contributed by atoms with Gasteiger partial charge in [0, 0.05) is 17.9 Å². The Morgan fingerprint density at radius 2 is 2.10 bits per heavy atom. The Kier molecular flexibility index (Phi) is 6.51. The lowest BCUT2D eigenvalue weighted by Gasteiger charge is -2.05. The van der Waals surface area contributed by atoms with Crippen molar-refractivity contribution in [3.05, 3.63) is 29.8 Å². The summed E-state index contributed by atoms with van der Waals surface area (Å²) in [5.41, 5.74) is 7.29. The molecule has 5 nitrogen and oxygen atoms in total. The van der Waals surface area contributed by atoms with Gasteiger partial charge in [0.15, 0.2) is 0 Å².